The van der Waals surface area contributed by atoms with Crippen molar-refractivity contribution in [3.63, 3.8) is 0 Å². The van der Waals surface area contributed by atoms with Crippen LogP contribution in [-0.4, -0.2) is 59.7 Å². The van der Waals surface area contributed by atoms with E-state index in [2.05, 4.69) is 21.2 Å². The molecule has 4 aliphatic rings. The number of fused-ring (bicyclic) bond motifs is 6. The van der Waals surface area contributed by atoms with Crippen LogP contribution in [0.1, 0.15) is 44.1 Å². The first-order chi connectivity index (χ1) is 15.1. The average molecular weight is 440 g/mol. The van der Waals surface area contributed by atoms with Crippen LogP contribution in [0.4, 0.5) is 5.69 Å². The van der Waals surface area contributed by atoms with Crippen molar-refractivity contribution in [3.05, 3.63) is 41.5 Å². The van der Waals surface area contributed by atoms with Gasteiger partial charge >= 0.3 is 5.97 Å². The summed E-state index contributed by atoms with van der Waals surface area (Å²) in [6.07, 6.45) is 10.8. The number of nitrogens with one attached hydrogen (secondary N) is 1. The number of methoxy groups -OCH3 is 1. The Bertz CT molecular complexity index is 868. The molecule has 0 saturated carbocycles. The van der Waals surface area contributed by atoms with Gasteiger partial charge in [-0.3, -0.25) is 9.69 Å². The maximum Gasteiger partial charge on any atom is 0.309 e. The molecule has 1 aromatic rings. The minimum Gasteiger partial charge on any atom is -0.469 e. The van der Waals surface area contributed by atoms with E-state index in [1.807, 2.05) is 24.3 Å². The van der Waals surface area contributed by atoms with Crippen molar-refractivity contribution in [2.24, 2.45) is 11.8 Å². The van der Waals surface area contributed by atoms with Crippen molar-refractivity contribution in [1.82, 2.24) is 9.80 Å². The minimum absolute atomic E-state index is 0.220. The van der Waals surface area contributed by atoms with Gasteiger partial charge in [0, 0.05) is 24.8 Å². The summed E-state index contributed by atoms with van der Waals surface area (Å²) >= 11 is 5.91. The van der Waals surface area contributed by atoms with Gasteiger partial charge in [-0.05, 0) is 80.4 Å². The molecule has 5 nitrogen and oxygen atoms in total. The zero-order chi connectivity index (χ0) is 21.4. The number of carbonyl (C=O) groups excluding carboxylic acids is 1. The summed E-state index contributed by atoms with van der Waals surface area (Å²) in [5, 5.41) is 4.30. The Hall–Kier alpha value is -1.92. The molecule has 0 radical (unpaired) electrons. The minimum atomic E-state index is -0.220. The number of thiocarbonyl (C=S) groups is 1. The van der Waals surface area contributed by atoms with Crippen molar-refractivity contribution >= 4 is 29.0 Å². The maximum absolute atomic E-state index is 11.5. The quantitative estimate of drug-likeness (QED) is 0.436. The van der Waals surface area contributed by atoms with Gasteiger partial charge in [-0.1, -0.05) is 30.2 Å². The Balaban J connectivity index is 1.29. The van der Waals surface area contributed by atoms with Crippen molar-refractivity contribution < 1.29 is 9.53 Å². The third-order valence-electron chi connectivity index (χ3n) is 7.70. The van der Waals surface area contributed by atoms with E-state index in [4.69, 9.17) is 17.0 Å². The van der Waals surface area contributed by atoms with Gasteiger partial charge in [-0.25, -0.2) is 0 Å². The number of likely N-dealkylation sites (tertiary alicyclic amines) is 1. The van der Waals surface area contributed by atoms with Gasteiger partial charge in [0.25, 0.3) is 0 Å². The zero-order valence-corrected chi connectivity index (χ0v) is 19.2. The van der Waals surface area contributed by atoms with Crippen molar-refractivity contribution in [2.45, 2.75) is 57.0 Å². The number of hydrogen-bond acceptors (Lipinski definition) is 4. The van der Waals surface area contributed by atoms with E-state index < -0.39 is 0 Å². The highest BCUT2D eigenvalue weighted by atomic mass is 32.1. The molecule has 2 bridgehead atoms. The van der Waals surface area contributed by atoms with Gasteiger partial charge in [0.15, 0.2) is 5.11 Å². The molecule has 166 valence electrons. The fourth-order valence-electron chi connectivity index (χ4n) is 6.34. The molecular weight excluding hydrogens is 406 g/mol. The van der Waals surface area contributed by atoms with E-state index in [0.717, 1.165) is 34.9 Å². The number of piperidine rings is 3. The van der Waals surface area contributed by atoms with Gasteiger partial charge in [0.1, 0.15) is 0 Å². The first kappa shape index (κ1) is 21.0. The number of ether oxygens (including phenoxy) is 1. The molecule has 1 aromatic carbocycles. The second-order valence-electron chi connectivity index (χ2n) is 9.58. The Morgan fingerprint density at radius 3 is 2.84 bits per heavy atom. The molecule has 5 rings (SSSR count). The maximum atomic E-state index is 11.5. The van der Waals surface area contributed by atoms with Gasteiger partial charge in [-0.15, -0.1) is 0 Å². The molecule has 0 amide bonds. The van der Waals surface area contributed by atoms with Crippen LogP contribution in [0, 0.1) is 11.8 Å². The summed E-state index contributed by atoms with van der Waals surface area (Å²) in [6, 6.07) is 9.16. The lowest BCUT2D eigenvalue weighted by molar-refractivity contribution is -0.139. The molecule has 4 atom stereocenters. The Kier molecular flexibility index (Phi) is 6.02. The molecule has 3 saturated heterocycles. The molecule has 6 heteroatoms. The van der Waals surface area contributed by atoms with Gasteiger partial charge in [0.05, 0.1) is 19.6 Å². The number of hydrogen-bond donors (Lipinski definition) is 1. The van der Waals surface area contributed by atoms with Crippen LogP contribution in [0.2, 0.25) is 0 Å². The Labute approximate surface area is 190 Å². The predicted octanol–water partition coefficient (Wildman–Crippen LogP) is 3.99. The molecule has 3 aliphatic heterocycles. The Morgan fingerprint density at radius 1 is 1.19 bits per heavy atom. The van der Waals surface area contributed by atoms with E-state index in [-0.39, 0.29) is 5.97 Å². The van der Waals surface area contributed by atoms with E-state index in [0.29, 0.717) is 18.4 Å². The summed E-state index contributed by atoms with van der Waals surface area (Å²) < 4.78 is 4.75. The largest absolute Gasteiger partial charge is 0.469 e. The van der Waals surface area contributed by atoms with E-state index in [9.17, 15) is 4.79 Å². The highest BCUT2D eigenvalue weighted by Gasteiger charge is 2.46. The van der Waals surface area contributed by atoms with Crippen LogP contribution in [0.25, 0.3) is 0 Å². The van der Waals surface area contributed by atoms with E-state index >= 15 is 0 Å². The second-order valence-corrected chi connectivity index (χ2v) is 9.97. The van der Waals surface area contributed by atoms with Gasteiger partial charge in [0.2, 0.25) is 0 Å². The number of carbonyl (C=O) groups is 1. The number of rotatable bonds is 3. The number of nitrogens with zero attached hydrogens (tertiary/aromatic N) is 2. The lowest BCUT2D eigenvalue weighted by Crippen LogP contribution is -2.60. The molecule has 3 heterocycles. The third-order valence-corrected chi connectivity index (χ3v) is 8.04. The topological polar surface area (TPSA) is 44.8 Å². The number of esters is 1. The van der Waals surface area contributed by atoms with Crippen LogP contribution >= 0.6 is 12.2 Å². The molecule has 3 fully saturated rings. The summed E-state index contributed by atoms with van der Waals surface area (Å²) in [4.78, 5) is 16.7. The fourth-order valence-corrected chi connectivity index (χ4v) is 6.66. The number of benzene rings is 1. The molecule has 0 spiro atoms. The first-order valence-electron chi connectivity index (χ1n) is 11.8. The first-order valence-corrected chi connectivity index (χ1v) is 12.2. The monoisotopic (exact) mass is 439 g/mol. The van der Waals surface area contributed by atoms with E-state index in [1.165, 1.54) is 58.7 Å². The molecule has 31 heavy (non-hydrogen) atoms. The second kappa shape index (κ2) is 8.91. The Morgan fingerprint density at radius 2 is 2.03 bits per heavy atom. The summed E-state index contributed by atoms with van der Waals surface area (Å²) in [6.45, 7) is 3.53. The van der Waals surface area contributed by atoms with Crippen LogP contribution in [0.3, 0.4) is 0 Å². The smallest absolute Gasteiger partial charge is 0.309 e. The summed E-state index contributed by atoms with van der Waals surface area (Å²) in [5.74, 6) is 1.21. The predicted molar refractivity (Wildman–Crippen MR) is 127 cm³/mol. The summed E-state index contributed by atoms with van der Waals surface area (Å²) in [7, 11) is 1.42. The molecule has 1 N–H and O–H groups in total. The SMILES string of the molecule is COC(=O)Cc1ccc(NC(=S)N2CCCC3=CC4C[C@H](CN5CCCC[C@H]45)[C@@H]32)cc1. The summed E-state index contributed by atoms with van der Waals surface area (Å²) in [5.41, 5.74) is 3.56. The lowest BCUT2D eigenvalue weighted by atomic mass is 9.68. The van der Waals surface area contributed by atoms with Crippen LogP contribution in [0.15, 0.2) is 35.9 Å². The highest BCUT2D eigenvalue weighted by Crippen LogP contribution is 2.45. The van der Waals surface area contributed by atoms with Crippen molar-refractivity contribution in [2.75, 3.05) is 32.1 Å². The third kappa shape index (κ3) is 4.24. The molecule has 1 unspecified atom stereocenters. The normalized spacial score (nSPS) is 30.0. The average Bonchev–Trinajstić information content (AvgIpc) is 2.80. The zero-order valence-electron chi connectivity index (χ0n) is 18.4. The standard InChI is InChI=1S/C25H33N3O2S/c1-30-23(29)13-17-7-9-21(10-8-17)26-25(31)28-12-4-5-18-14-19-15-20(24(18)28)16-27-11-3-2-6-22(19)27/h7-10,14,19-20,22,24H,2-6,11-13,15-16H2,1H3,(H,26,31)/t19?,20-,22-,24-/m1/s1. The van der Waals surface area contributed by atoms with Crippen LogP contribution in [0.5, 0.6) is 0 Å². The highest BCUT2D eigenvalue weighted by molar-refractivity contribution is 7.80. The molecule has 1 aliphatic carbocycles. The molecule has 0 aromatic heterocycles. The van der Waals surface area contributed by atoms with Gasteiger partial charge in [-0.2, -0.15) is 0 Å². The van der Waals surface area contributed by atoms with Crippen LogP contribution in [-0.2, 0) is 16.0 Å². The van der Waals surface area contributed by atoms with Gasteiger partial charge < -0.3 is 15.0 Å². The number of anilines is 1. The van der Waals surface area contributed by atoms with Crippen molar-refractivity contribution in [1.29, 1.82) is 0 Å². The fraction of sp³-hybridized carbons (Fsp3) is 0.600. The van der Waals surface area contributed by atoms with Crippen molar-refractivity contribution in [3.8, 4) is 0 Å². The lowest BCUT2D eigenvalue weighted by Gasteiger charge is -2.55. The molecular formula is C25H33N3O2S. The van der Waals surface area contributed by atoms with Crippen LogP contribution < -0.4 is 5.32 Å². The van der Waals surface area contributed by atoms with E-state index in [1.54, 1.807) is 5.57 Å².